The Kier molecular flexibility index (Phi) is 11.3. The summed E-state index contributed by atoms with van der Waals surface area (Å²) < 4.78 is 46.7. The molecular weight excluding hydrogens is 424 g/mol. The van der Waals surface area contributed by atoms with Gasteiger partial charge in [0.25, 0.3) is 0 Å². The summed E-state index contributed by atoms with van der Waals surface area (Å²) in [7, 11) is 18.1. The fraction of sp³-hybridized carbons (Fsp3) is 1.00. The molecule has 2 saturated heterocycles. The van der Waals surface area contributed by atoms with E-state index in [1.807, 2.05) is 0 Å². The van der Waals surface area contributed by atoms with Crippen LogP contribution in [0.5, 0.6) is 0 Å². The van der Waals surface area contributed by atoms with Crippen molar-refractivity contribution in [1.29, 1.82) is 0 Å². The first-order chi connectivity index (χ1) is 13.4. The Morgan fingerprint density at radius 2 is 1.96 bits per heavy atom. The summed E-state index contributed by atoms with van der Waals surface area (Å²) in [6.07, 6.45) is -0.649. The largest absolute Gasteiger partial charge is 0.400 e. The van der Waals surface area contributed by atoms with Crippen LogP contribution in [-0.2, 0) is 32.6 Å². The van der Waals surface area contributed by atoms with E-state index in [4.69, 9.17) is 48.7 Å². The van der Waals surface area contributed by atoms with Gasteiger partial charge in [0, 0.05) is 50.1 Å². The molecule has 155 valence electrons. The fourth-order valence-electron chi connectivity index (χ4n) is 2.98. The smallest absolute Gasteiger partial charge is 0.395 e. The molecule has 2 heterocycles. The van der Waals surface area contributed by atoms with Crippen molar-refractivity contribution in [2.24, 2.45) is 0 Å². The highest BCUT2D eigenvalue weighted by Gasteiger charge is 2.42. The lowest BCUT2D eigenvalue weighted by Crippen LogP contribution is -2.30. The highest BCUT2D eigenvalue weighted by molar-refractivity contribution is 8.98. The predicted octanol–water partition coefficient (Wildman–Crippen LogP) is 0.718. The Hall–Kier alpha value is 0.845. The average molecular weight is 449 g/mol. The summed E-state index contributed by atoms with van der Waals surface area (Å²) in [4.78, 5) is 0. The van der Waals surface area contributed by atoms with Crippen molar-refractivity contribution >= 4 is 50.8 Å². The van der Waals surface area contributed by atoms with Crippen LogP contribution in [0.1, 0.15) is 12.8 Å². The van der Waals surface area contributed by atoms with Crippen LogP contribution in [-0.4, -0.2) is 104 Å². The van der Waals surface area contributed by atoms with Gasteiger partial charge >= 0.3 is 6.80 Å². The van der Waals surface area contributed by atoms with E-state index in [1.165, 1.54) is 18.0 Å². The molecule has 0 aliphatic carbocycles. The summed E-state index contributed by atoms with van der Waals surface area (Å²) in [5.74, 6) is 0.383. The van der Waals surface area contributed by atoms with Crippen LogP contribution >= 0.6 is 28.0 Å². The highest BCUT2D eigenvalue weighted by Crippen LogP contribution is 2.67. The SMILES string of the molecule is [B][B][C@H]1CC(OC)[C@@H](COP(=O)(OC2C[C@H]([B])O[C@@H]2COC)SSCCO)O1. The topological polar surface area (TPSA) is 92.7 Å². The van der Waals surface area contributed by atoms with E-state index in [9.17, 15) is 4.57 Å². The Bertz CT molecular complexity index is 511. The Morgan fingerprint density at radius 3 is 2.61 bits per heavy atom. The minimum atomic E-state index is -3.60. The molecule has 0 aromatic rings. The van der Waals surface area contributed by atoms with Gasteiger partial charge in [0.05, 0.1) is 39.2 Å². The second-order valence-electron chi connectivity index (χ2n) is 6.33. The third-order valence-corrected chi connectivity index (χ3v) is 10.4. The maximum Gasteiger partial charge on any atom is 0.400 e. The molecule has 1 N–H and O–H groups in total. The Morgan fingerprint density at radius 1 is 1.21 bits per heavy atom. The Balaban J connectivity index is 2.00. The molecular formula is C14H25B3O8PS2. The minimum Gasteiger partial charge on any atom is -0.395 e. The molecule has 14 heteroatoms. The fourth-order valence-corrected chi connectivity index (χ4v) is 8.40. The van der Waals surface area contributed by atoms with Gasteiger partial charge < -0.3 is 24.1 Å². The van der Waals surface area contributed by atoms with Crippen molar-refractivity contribution in [3.63, 3.8) is 0 Å². The molecule has 5 radical (unpaired) electrons. The van der Waals surface area contributed by atoms with Crippen molar-refractivity contribution in [2.45, 2.75) is 49.3 Å². The second-order valence-corrected chi connectivity index (χ2v) is 12.3. The van der Waals surface area contributed by atoms with Crippen LogP contribution < -0.4 is 0 Å². The van der Waals surface area contributed by atoms with Gasteiger partial charge in [-0.2, -0.15) is 0 Å². The van der Waals surface area contributed by atoms with Crippen molar-refractivity contribution < 1.29 is 37.7 Å². The van der Waals surface area contributed by atoms with E-state index in [0.717, 1.165) is 10.4 Å². The molecule has 2 fully saturated rings. The number of hydrogen-bond donors (Lipinski definition) is 1. The molecule has 2 rings (SSSR count). The molecule has 0 saturated carbocycles. The van der Waals surface area contributed by atoms with E-state index in [-0.39, 0.29) is 31.9 Å². The number of aliphatic hydroxyl groups excluding tert-OH is 1. The summed E-state index contributed by atoms with van der Waals surface area (Å²) in [5, 5.41) is 9.01. The summed E-state index contributed by atoms with van der Waals surface area (Å²) >= 11 is 0. The average Bonchev–Trinajstić information content (AvgIpc) is 3.23. The van der Waals surface area contributed by atoms with E-state index < -0.39 is 31.1 Å². The summed E-state index contributed by atoms with van der Waals surface area (Å²) in [6.45, 7) is -3.37. The van der Waals surface area contributed by atoms with E-state index in [0.29, 0.717) is 18.6 Å². The zero-order valence-corrected chi connectivity index (χ0v) is 18.5. The number of ether oxygens (including phenoxy) is 4. The zero-order valence-electron chi connectivity index (χ0n) is 16.0. The van der Waals surface area contributed by atoms with Gasteiger partial charge in [-0.3, -0.25) is 9.05 Å². The van der Waals surface area contributed by atoms with Crippen molar-refractivity contribution in [3.8, 4) is 0 Å². The molecule has 8 nitrogen and oxygen atoms in total. The molecule has 0 aromatic heterocycles. The zero-order chi connectivity index (χ0) is 20.6. The molecule has 7 atom stereocenters. The second kappa shape index (κ2) is 12.6. The molecule has 2 aliphatic heterocycles. The molecule has 2 aliphatic rings. The Labute approximate surface area is 177 Å². The number of hydrogen-bond acceptors (Lipinski definition) is 10. The first kappa shape index (κ1) is 25.1. The maximum atomic E-state index is 13.4. The minimum absolute atomic E-state index is 0.0153. The van der Waals surface area contributed by atoms with E-state index >= 15 is 0 Å². The van der Waals surface area contributed by atoms with Crippen LogP contribution in [0.15, 0.2) is 0 Å². The summed E-state index contributed by atoms with van der Waals surface area (Å²) in [5.41, 5.74) is 0. The van der Waals surface area contributed by atoms with Crippen molar-refractivity contribution in [2.75, 3.05) is 39.8 Å². The van der Waals surface area contributed by atoms with Crippen molar-refractivity contribution in [1.82, 2.24) is 0 Å². The molecule has 28 heavy (non-hydrogen) atoms. The lowest BCUT2D eigenvalue weighted by atomic mass is 9.51. The normalized spacial score (nSPS) is 35.1. The van der Waals surface area contributed by atoms with Gasteiger partial charge in [-0.25, -0.2) is 4.57 Å². The quantitative estimate of drug-likeness (QED) is 0.188. The van der Waals surface area contributed by atoms with Gasteiger partial charge in [0.1, 0.15) is 20.1 Å². The van der Waals surface area contributed by atoms with E-state index in [1.54, 1.807) is 14.2 Å². The molecule has 0 bridgehead atoms. The lowest BCUT2D eigenvalue weighted by molar-refractivity contribution is -0.0270. The van der Waals surface area contributed by atoms with Gasteiger partial charge in [-0.05, 0) is 12.8 Å². The van der Waals surface area contributed by atoms with Gasteiger partial charge in [-0.1, -0.05) is 10.8 Å². The third-order valence-electron chi connectivity index (χ3n) is 4.29. The summed E-state index contributed by atoms with van der Waals surface area (Å²) in [6, 6.07) is -0.770. The lowest BCUT2D eigenvalue weighted by Gasteiger charge is -2.25. The number of rotatable bonds is 13. The van der Waals surface area contributed by atoms with Crippen LogP contribution in [0.25, 0.3) is 0 Å². The van der Waals surface area contributed by atoms with Gasteiger partial charge in [-0.15, -0.1) is 0 Å². The van der Waals surface area contributed by atoms with Crippen LogP contribution in [0.3, 0.4) is 0 Å². The monoisotopic (exact) mass is 449 g/mol. The third kappa shape index (κ3) is 7.52. The predicted molar refractivity (Wildman–Crippen MR) is 112 cm³/mol. The van der Waals surface area contributed by atoms with Gasteiger partial charge in [0.2, 0.25) is 0 Å². The van der Waals surface area contributed by atoms with Crippen molar-refractivity contribution in [3.05, 3.63) is 0 Å². The molecule has 0 amide bonds. The van der Waals surface area contributed by atoms with E-state index in [2.05, 4.69) is 0 Å². The van der Waals surface area contributed by atoms with Gasteiger partial charge in [0.15, 0.2) is 0 Å². The van der Waals surface area contributed by atoms with Crippen LogP contribution in [0.2, 0.25) is 0 Å². The first-order valence-corrected chi connectivity index (χ1v) is 13.4. The first-order valence-electron chi connectivity index (χ1n) is 8.93. The standard InChI is InChI=1S/C14H25B3O8PS2/c1-20-7-11-10(5-13(15)23-11)25-26(19,28-27-4-3-18)22-8-12-9(21-2)6-14(17-16)24-12/h9-14,18H,3-8H2,1-2H3/t9?,10?,11-,12-,13-,14-,26?/m1/s1. The molecule has 0 aromatic carbocycles. The molecule has 0 spiro atoms. The maximum absolute atomic E-state index is 13.4. The highest BCUT2D eigenvalue weighted by atomic mass is 33.3. The number of aliphatic hydroxyl groups is 1. The van der Waals surface area contributed by atoms with Crippen LogP contribution in [0, 0.1) is 0 Å². The molecule has 3 unspecified atom stereocenters. The number of methoxy groups -OCH3 is 2. The van der Waals surface area contributed by atoms with Crippen LogP contribution in [0.4, 0.5) is 0 Å².